The van der Waals surface area contributed by atoms with Crippen LogP contribution in [0.4, 0.5) is 4.79 Å². The Kier molecular flexibility index (Phi) is 8.48. The van der Waals surface area contributed by atoms with E-state index in [1.165, 1.54) is 0 Å². The van der Waals surface area contributed by atoms with Gasteiger partial charge in [-0.2, -0.15) is 10.2 Å². The number of ether oxygens (including phenoxy) is 3. The number of amides is 1. The predicted octanol–water partition coefficient (Wildman–Crippen LogP) is 6.08. The van der Waals surface area contributed by atoms with Crippen LogP contribution >= 0.6 is 11.6 Å². The monoisotopic (exact) mass is 565 g/mol. The highest BCUT2D eigenvalue weighted by molar-refractivity contribution is 6.28. The van der Waals surface area contributed by atoms with Crippen LogP contribution in [0, 0.1) is 23.2 Å². The van der Waals surface area contributed by atoms with Gasteiger partial charge in [-0.25, -0.2) is 9.78 Å². The molecule has 0 N–H and O–H groups in total. The molecule has 2 fully saturated rings. The number of halogens is 1. The molecule has 2 saturated heterocycles. The minimum atomic E-state index is -0.489. The van der Waals surface area contributed by atoms with Crippen molar-refractivity contribution < 1.29 is 19.0 Å². The van der Waals surface area contributed by atoms with Crippen LogP contribution in [0.15, 0.2) is 30.5 Å². The number of benzene rings is 1. The number of hydrogen-bond donors (Lipinski definition) is 0. The molecule has 0 aliphatic carbocycles. The number of piperidine rings is 1. The number of aromatic nitrogens is 3. The van der Waals surface area contributed by atoms with Crippen LogP contribution in [0.2, 0.25) is 5.28 Å². The number of carbonyl (C=O) groups is 1. The van der Waals surface area contributed by atoms with Crippen LogP contribution in [-0.2, 0) is 16.0 Å². The average molecular weight is 566 g/mol. The largest absolute Gasteiger partial charge is 0.492 e. The third-order valence-corrected chi connectivity index (χ3v) is 7.66. The van der Waals surface area contributed by atoms with Crippen molar-refractivity contribution in [2.45, 2.75) is 58.6 Å². The van der Waals surface area contributed by atoms with Crippen molar-refractivity contribution in [2.24, 2.45) is 11.8 Å². The molecule has 1 unspecified atom stereocenters. The summed E-state index contributed by atoms with van der Waals surface area (Å²) in [5.74, 6) is 1.46. The van der Waals surface area contributed by atoms with Gasteiger partial charge in [0.05, 0.1) is 24.5 Å². The summed E-state index contributed by atoms with van der Waals surface area (Å²) >= 11 is 6.34. The van der Waals surface area contributed by atoms with Crippen LogP contribution < -0.4 is 4.74 Å². The predicted molar refractivity (Wildman–Crippen MR) is 152 cm³/mol. The molecule has 212 valence electrons. The highest BCUT2D eigenvalue weighted by Crippen LogP contribution is 2.32. The van der Waals surface area contributed by atoms with Crippen LogP contribution in [0.1, 0.15) is 52.0 Å². The van der Waals surface area contributed by atoms with Gasteiger partial charge >= 0.3 is 6.09 Å². The quantitative estimate of drug-likeness (QED) is 0.320. The van der Waals surface area contributed by atoms with Crippen LogP contribution in [0.3, 0.4) is 0 Å². The van der Waals surface area contributed by atoms with E-state index in [1.807, 2.05) is 45.2 Å². The van der Waals surface area contributed by atoms with Gasteiger partial charge in [-0.15, -0.1) is 0 Å². The molecule has 0 bridgehead atoms. The van der Waals surface area contributed by atoms with Gasteiger partial charge in [0.25, 0.3) is 0 Å². The Balaban J connectivity index is 1.22. The lowest BCUT2D eigenvalue weighted by Crippen LogP contribution is -2.41. The maximum atomic E-state index is 12.3. The molecule has 1 aromatic carbocycles. The smallest absolute Gasteiger partial charge is 0.410 e. The molecule has 2 aromatic heterocycles. The van der Waals surface area contributed by atoms with E-state index in [9.17, 15) is 10.1 Å². The van der Waals surface area contributed by atoms with Gasteiger partial charge in [-0.3, -0.25) is 0 Å². The lowest BCUT2D eigenvalue weighted by Gasteiger charge is -2.33. The molecule has 2 aliphatic heterocycles. The van der Waals surface area contributed by atoms with Crippen molar-refractivity contribution >= 4 is 28.7 Å². The normalized spacial score (nSPS) is 18.2. The molecule has 0 spiro atoms. The van der Waals surface area contributed by atoms with Crippen molar-refractivity contribution in [1.29, 1.82) is 5.26 Å². The van der Waals surface area contributed by atoms with E-state index < -0.39 is 5.60 Å². The Hall–Kier alpha value is -3.35. The highest BCUT2D eigenvalue weighted by atomic mass is 35.5. The van der Waals surface area contributed by atoms with Gasteiger partial charge < -0.3 is 23.7 Å². The Bertz CT molecular complexity index is 1400. The average Bonchev–Trinajstić information content (AvgIpc) is 3.58. The number of nitriles is 1. The van der Waals surface area contributed by atoms with E-state index in [2.05, 4.69) is 20.6 Å². The van der Waals surface area contributed by atoms with Crippen LogP contribution in [-0.4, -0.2) is 64.0 Å². The van der Waals surface area contributed by atoms with Gasteiger partial charge in [0, 0.05) is 49.3 Å². The molecule has 1 amide bonds. The van der Waals surface area contributed by atoms with E-state index in [-0.39, 0.29) is 11.4 Å². The first-order valence-corrected chi connectivity index (χ1v) is 14.3. The fourth-order valence-electron chi connectivity index (χ4n) is 5.37. The van der Waals surface area contributed by atoms with Gasteiger partial charge in [-0.05, 0) is 88.2 Å². The molecule has 9 nitrogen and oxygen atoms in total. The molecular formula is C30H36ClN5O4. The summed E-state index contributed by atoms with van der Waals surface area (Å²) in [4.78, 5) is 23.1. The number of nitrogens with zero attached hydrogens (tertiary/aromatic N) is 5. The number of likely N-dealkylation sites (tertiary alicyclic amines) is 1. The summed E-state index contributed by atoms with van der Waals surface area (Å²) in [7, 11) is 0. The van der Waals surface area contributed by atoms with E-state index in [4.69, 9.17) is 25.8 Å². The van der Waals surface area contributed by atoms with Crippen molar-refractivity contribution in [3.63, 3.8) is 0 Å². The minimum absolute atomic E-state index is 0.168. The molecule has 2 aliphatic rings. The first kappa shape index (κ1) is 28.2. The van der Waals surface area contributed by atoms with Crippen molar-refractivity contribution in [3.8, 4) is 23.1 Å². The number of carbonyl (C=O) groups excluding carboxylic acids is 1. The molecule has 40 heavy (non-hydrogen) atoms. The summed E-state index contributed by atoms with van der Waals surface area (Å²) in [6.07, 6.45) is 5.47. The number of hydrogen-bond acceptors (Lipinski definition) is 7. The van der Waals surface area contributed by atoms with Crippen molar-refractivity contribution in [3.05, 3.63) is 41.3 Å². The van der Waals surface area contributed by atoms with E-state index >= 15 is 0 Å². The number of rotatable bonds is 7. The van der Waals surface area contributed by atoms with Crippen LogP contribution in [0.5, 0.6) is 5.75 Å². The summed E-state index contributed by atoms with van der Waals surface area (Å²) in [5, 5.41) is 10.9. The summed E-state index contributed by atoms with van der Waals surface area (Å²) in [6.45, 7) is 9.87. The zero-order chi connectivity index (χ0) is 28.3. The molecule has 5 rings (SSSR count). The summed E-state index contributed by atoms with van der Waals surface area (Å²) in [6, 6.07) is 9.81. The second-order valence-corrected chi connectivity index (χ2v) is 12.0. The highest BCUT2D eigenvalue weighted by Gasteiger charge is 2.27. The molecule has 0 radical (unpaired) electrons. The lowest BCUT2D eigenvalue weighted by atomic mass is 9.94. The Morgan fingerprint density at radius 2 is 1.98 bits per heavy atom. The standard InChI is InChI=1S/C30H36ClN5O4/c1-30(2,3)40-29(37)35-11-6-20(7-12-35)10-15-39-25-5-4-22(16-23(25)17-32)26-24-8-13-36(18-21-9-14-38-19-21)27(24)34-28(31)33-26/h4-5,8,13,16,20-21H,6-7,9-12,14-15,18-19H2,1-3H3. The second-order valence-electron chi connectivity index (χ2n) is 11.6. The molecule has 3 aromatic rings. The molecular weight excluding hydrogens is 530 g/mol. The third kappa shape index (κ3) is 6.68. The SMILES string of the molecule is CC(C)(C)OC(=O)N1CCC(CCOc2ccc(-c3nc(Cl)nc4c3ccn4CC3CCOC3)cc2C#N)CC1. The Labute approximate surface area is 240 Å². The maximum absolute atomic E-state index is 12.3. The van der Waals surface area contributed by atoms with Gasteiger partial charge in [-0.1, -0.05) is 0 Å². The molecule has 0 saturated carbocycles. The Morgan fingerprint density at radius 3 is 2.67 bits per heavy atom. The van der Waals surface area contributed by atoms with E-state index in [0.29, 0.717) is 48.5 Å². The second kappa shape index (κ2) is 12.0. The Morgan fingerprint density at radius 1 is 1.18 bits per heavy atom. The van der Waals surface area contributed by atoms with Crippen molar-refractivity contribution in [1.82, 2.24) is 19.4 Å². The van der Waals surface area contributed by atoms with Gasteiger partial charge in [0.1, 0.15) is 23.1 Å². The van der Waals surface area contributed by atoms with Crippen molar-refractivity contribution in [2.75, 3.05) is 32.9 Å². The van der Waals surface area contributed by atoms with Gasteiger partial charge in [0.15, 0.2) is 0 Å². The fraction of sp³-hybridized carbons (Fsp3) is 0.533. The topological polar surface area (TPSA) is 102 Å². The van der Waals surface area contributed by atoms with E-state index in [0.717, 1.165) is 62.0 Å². The maximum Gasteiger partial charge on any atom is 0.410 e. The summed E-state index contributed by atoms with van der Waals surface area (Å²) in [5.41, 5.74) is 2.21. The lowest BCUT2D eigenvalue weighted by molar-refractivity contribution is 0.0177. The minimum Gasteiger partial charge on any atom is -0.492 e. The summed E-state index contributed by atoms with van der Waals surface area (Å²) < 4.78 is 19.2. The number of fused-ring (bicyclic) bond motifs is 1. The fourth-order valence-corrected chi connectivity index (χ4v) is 5.53. The molecule has 10 heteroatoms. The van der Waals surface area contributed by atoms with Crippen LogP contribution in [0.25, 0.3) is 22.3 Å². The first-order chi connectivity index (χ1) is 19.2. The van der Waals surface area contributed by atoms with Gasteiger partial charge in [0.2, 0.25) is 5.28 Å². The zero-order valence-corrected chi connectivity index (χ0v) is 24.1. The molecule has 1 atom stereocenters. The third-order valence-electron chi connectivity index (χ3n) is 7.49. The van der Waals surface area contributed by atoms with E-state index in [1.54, 1.807) is 11.0 Å². The molecule has 4 heterocycles. The first-order valence-electron chi connectivity index (χ1n) is 14.0. The zero-order valence-electron chi connectivity index (χ0n) is 23.4.